The van der Waals surface area contributed by atoms with E-state index in [4.69, 9.17) is 4.74 Å². The van der Waals surface area contributed by atoms with Crippen molar-refractivity contribution in [1.82, 2.24) is 10.2 Å². The fourth-order valence-corrected chi connectivity index (χ4v) is 3.25. The van der Waals surface area contributed by atoms with Crippen LogP contribution >= 0.6 is 0 Å². The second-order valence-electron chi connectivity index (χ2n) is 7.03. The molecular weight excluding hydrogens is 300 g/mol. The van der Waals surface area contributed by atoms with Crippen molar-refractivity contribution in [3.05, 3.63) is 35.9 Å². The first kappa shape index (κ1) is 19.4. The predicted molar refractivity (Wildman–Crippen MR) is 99.1 cm³/mol. The maximum absolute atomic E-state index is 9.99. The number of benzene rings is 1. The van der Waals surface area contributed by atoms with E-state index in [9.17, 15) is 5.11 Å². The van der Waals surface area contributed by atoms with E-state index in [0.29, 0.717) is 19.3 Å². The summed E-state index contributed by atoms with van der Waals surface area (Å²) < 4.78 is 5.81. The lowest BCUT2D eigenvalue weighted by Crippen LogP contribution is -2.33. The van der Waals surface area contributed by atoms with E-state index in [-0.39, 0.29) is 0 Å². The maximum atomic E-state index is 9.99. The lowest BCUT2D eigenvalue weighted by atomic mass is 9.98. The predicted octanol–water partition coefficient (Wildman–Crippen LogP) is 2.81. The summed E-state index contributed by atoms with van der Waals surface area (Å²) in [5, 5.41) is 13.3. The van der Waals surface area contributed by atoms with Crippen LogP contribution in [0.5, 0.6) is 0 Å². The molecule has 2 N–H and O–H groups in total. The highest BCUT2D eigenvalue weighted by Crippen LogP contribution is 2.20. The summed E-state index contributed by atoms with van der Waals surface area (Å²) in [6.07, 6.45) is 7.27. The van der Waals surface area contributed by atoms with Gasteiger partial charge in [0.1, 0.15) is 0 Å². The van der Waals surface area contributed by atoms with Gasteiger partial charge in [-0.2, -0.15) is 0 Å². The molecule has 0 heterocycles. The van der Waals surface area contributed by atoms with Gasteiger partial charge in [0.05, 0.1) is 18.8 Å². The molecule has 0 saturated heterocycles. The van der Waals surface area contributed by atoms with Crippen molar-refractivity contribution in [1.29, 1.82) is 0 Å². The minimum Gasteiger partial charge on any atom is -0.389 e. The highest BCUT2D eigenvalue weighted by atomic mass is 16.5. The highest BCUT2D eigenvalue weighted by Gasteiger charge is 2.15. The number of hydrogen-bond acceptors (Lipinski definition) is 4. The largest absolute Gasteiger partial charge is 0.389 e. The molecule has 1 saturated carbocycles. The standard InChI is InChI=1S/C20H34N2O2/c1-22(16-18-9-4-2-5-10-18)14-8-13-21-15-19(23)17-24-20-11-6-3-7-12-20/h2,4-5,9-10,19-21,23H,3,6-8,11-17H2,1H3. The summed E-state index contributed by atoms with van der Waals surface area (Å²) in [6.45, 7) is 4.05. The Balaban J connectivity index is 1.45. The van der Waals surface area contributed by atoms with Gasteiger partial charge >= 0.3 is 0 Å². The number of aliphatic hydroxyl groups excluding tert-OH is 1. The molecule has 0 aliphatic heterocycles. The van der Waals surface area contributed by atoms with Gasteiger partial charge in [0.15, 0.2) is 0 Å². The minimum absolute atomic E-state index is 0.375. The maximum Gasteiger partial charge on any atom is 0.0897 e. The van der Waals surface area contributed by atoms with Crippen LogP contribution in [0.1, 0.15) is 44.1 Å². The lowest BCUT2D eigenvalue weighted by Gasteiger charge is -2.23. The fraction of sp³-hybridized carbons (Fsp3) is 0.700. The molecule has 0 bridgehead atoms. The summed E-state index contributed by atoms with van der Waals surface area (Å²) >= 11 is 0. The van der Waals surface area contributed by atoms with Gasteiger partial charge in [0, 0.05) is 13.1 Å². The van der Waals surface area contributed by atoms with Gasteiger partial charge in [-0.15, -0.1) is 0 Å². The zero-order chi connectivity index (χ0) is 17.0. The molecule has 24 heavy (non-hydrogen) atoms. The molecule has 0 aromatic heterocycles. The Bertz CT molecular complexity index is 421. The molecule has 0 amide bonds. The quantitative estimate of drug-likeness (QED) is 0.611. The topological polar surface area (TPSA) is 44.7 Å². The molecule has 4 heteroatoms. The van der Waals surface area contributed by atoms with Gasteiger partial charge in [0.25, 0.3) is 0 Å². The van der Waals surface area contributed by atoms with Crippen molar-refractivity contribution in [2.24, 2.45) is 0 Å². The third-order valence-corrected chi connectivity index (χ3v) is 4.65. The Kier molecular flexibility index (Phi) is 9.36. The normalized spacial score (nSPS) is 17.3. The van der Waals surface area contributed by atoms with Crippen molar-refractivity contribution in [3.8, 4) is 0 Å². The molecular formula is C20H34N2O2. The Labute approximate surface area is 147 Å². The van der Waals surface area contributed by atoms with Crippen LogP contribution in [-0.2, 0) is 11.3 Å². The van der Waals surface area contributed by atoms with Gasteiger partial charge in [0.2, 0.25) is 0 Å². The first-order chi connectivity index (χ1) is 11.7. The molecule has 1 aliphatic carbocycles. The Morgan fingerprint density at radius 3 is 2.71 bits per heavy atom. The molecule has 4 nitrogen and oxygen atoms in total. The molecule has 0 spiro atoms. The van der Waals surface area contributed by atoms with Crippen LogP contribution in [0.25, 0.3) is 0 Å². The van der Waals surface area contributed by atoms with Crippen LogP contribution in [0, 0.1) is 0 Å². The lowest BCUT2D eigenvalue weighted by molar-refractivity contribution is -0.0229. The average molecular weight is 335 g/mol. The van der Waals surface area contributed by atoms with Crippen LogP contribution < -0.4 is 5.32 Å². The molecule has 1 aromatic carbocycles. The van der Waals surface area contributed by atoms with E-state index < -0.39 is 6.10 Å². The summed E-state index contributed by atoms with van der Waals surface area (Å²) in [7, 11) is 2.15. The van der Waals surface area contributed by atoms with E-state index in [0.717, 1.165) is 38.9 Å². The molecule has 2 rings (SSSR count). The third-order valence-electron chi connectivity index (χ3n) is 4.65. The summed E-state index contributed by atoms with van der Waals surface area (Å²) in [6, 6.07) is 10.6. The number of nitrogens with zero attached hydrogens (tertiary/aromatic N) is 1. The van der Waals surface area contributed by atoms with Gasteiger partial charge < -0.3 is 20.1 Å². The smallest absolute Gasteiger partial charge is 0.0897 e. The van der Waals surface area contributed by atoms with E-state index in [1.165, 1.54) is 24.8 Å². The minimum atomic E-state index is -0.394. The average Bonchev–Trinajstić information content (AvgIpc) is 2.61. The van der Waals surface area contributed by atoms with Gasteiger partial charge in [-0.05, 0) is 45.0 Å². The summed E-state index contributed by atoms with van der Waals surface area (Å²) in [4.78, 5) is 2.33. The Hall–Kier alpha value is -0.940. The number of ether oxygens (including phenoxy) is 1. The summed E-state index contributed by atoms with van der Waals surface area (Å²) in [5.74, 6) is 0. The van der Waals surface area contributed by atoms with Crippen molar-refractivity contribution in [3.63, 3.8) is 0 Å². The first-order valence-corrected chi connectivity index (χ1v) is 9.47. The number of hydrogen-bond donors (Lipinski definition) is 2. The zero-order valence-electron chi connectivity index (χ0n) is 15.1. The Morgan fingerprint density at radius 1 is 1.21 bits per heavy atom. The third kappa shape index (κ3) is 8.25. The number of nitrogens with one attached hydrogen (secondary N) is 1. The van der Waals surface area contributed by atoms with Crippen molar-refractivity contribution in [2.45, 2.75) is 57.3 Å². The van der Waals surface area contributed by atoms with Gasteiger partial charge in [-0.25, -0.2) is 0 Å². The molecule has 1 unspecified atom stereocenters. The van der Waals surface area contributed by atoms with E-state index in [1.54, 1.807) is 0 Å². The zero-order valence-corrected chi connectivity index (χ0v) is 15.1. The molecule has 136 valence electrons. The molecule has 1 atom stereocenters. The Morgan fingerprint density at radius 2 is 1.96 bits per heavy atom. The summed E-state index contributed by atoms with van der Waals surface area (Å²) in [5.41, 5.74) is 1.35. The second kappa shape index (κ2) is 11.6. The van der Waals surface area contributed by atoms with Crippen LogP contribution in [-0.4, -0.2) is 55.5 Å². The second-order valence-corrected chi connectivity index (χ2v) is 7.03. The van der Waals surface area contributed by atoms with Crippen LogP contribution in [0.4, 0.5) is 0 Å². The highest BCUT2D eigenvalue weighted by molar-refractivity contribution is 5.14. The van der Waals surface area contributed by atoms with Crippen molar-refractivity contribution >= 4 is 0 Å². The van der Waals surface area contributed by atoms with Crippen LogP contribution in [0.2, 0.25) is 0 Å². The van der Waals surface area contributed by atoms with Crippen LogP contribution in [0.3, 0.4) is 0 Å². The fourth-order valence-electron chi connectivity index (χ4n) is 3.25. The molecule has 1 aliphatic rings. The number of rotatable bonds is 11. The van der Waals surface area contributed by atoms with Crippen molar-refractivity contribution in [2.75, 3.05) is 33.3 Å². The van der Waals surface area contributed by atoms with Gasteiger partial charge in [-0.1, -0.05) is 49.6 Å². The van der Waals surface area contributed by atoms with Crippen molar-refractivity contribution < 1.29 is 9.84 Å². The SMILES string of the molecule is CN(CCCNCC(O)COC1CCCCC1)Cc1ccccc1. The molecule has 0 radical (unpaired) electrons. The van der Waals surface area contributed by atoms with E-state index in [1.807, 2.05) is 0 Å². The molecule has 1 fully saturated rings. The van der Waals surface area contributed by atoms with E-state index in [2.05, 4.69) is 47.6 Å². The van der Waals surface area contributed by atoms with E-state index >= 15 is 0 Å². The number of aliphatic hydroxyl groups is 1. The first-order valence-electron chi connectivity index (χ1n) is 9.47. The van der Waals surface area contributed by atoms with Crippen LogP contribution in [0.15, 0.2) is 30.3 Å². The molecule has 1 aromatic rings. The monoisotopic (exact) mass is 334 g/mol. The van der Waals surface area contributed by atoms with Gasteiger partial charge in [-0.3, -0.25) is 0 Å².